The molecule has 0 unspecified atom stereocenters. The van der Waals surface area contributed by atoms with Gasteiger partial charge in [-0.1, -0.05) is 55.8 Å². The molecule has 202 valence electrons. The Hall–Kier alpha value is -3.39. The third kappa shape index (κ3) is 5.26. The van der Waals surface area contributed by atoms with E-state index in [-0.39, 0.29) is 17.9 Å². The van der Waals surface area contributed by atoms with Crippen LogP contribution in [0, 0.1) is 5.92 Å². The standard InChI is InChI=1S/C31H34ClN5O2/c1-20(2)29(25-5-3-4-6-27(25)32)33-31(38)22-9-12-28-26(17-22)30(35-34-28)21-7-10-23(11-8-21)37-18-24(19-37)36-13-15-39-16-14-36/h3-12,17,20,24,29H,13-16,18-19H2,1-2H3,(H,33,38)(H,34,35)/t29-/m1/s1. The van der Waals surface area contributed by atoms with E-state index in [0.29, 0.717) is 16.6 Å². The van der Waals surface area contributed by atoms with Crippen LogP contribution in [0.25, 0.3) is 22.2 Å². The van der Waals surface area contributed by atoms with Crippen molar-refractivity contribution in [1.29, 1.82) is 0 Å². The van der Waals surface area contributed by atoms with Gasteiger partial charge in [-0.05, 0) is 47.9 Å². The van der Waals surface area contributed by atoms with Crippen LogP contribution in [0.4, 0.5) is 5.69 Å². The zero-order valence-electron chi connectivity index (χ0n) is 22.4. The molecule has 2 N–H and O–H groups in total. The number of fused-ring (bicyclic) bond motifs is 1. The fourth-order valence-electron chi connectivity index (χ4n) is 5.60. The van der Waals surface area contributed by atoms with E-state index in [4.69, 9.17) is 16.3 Å². The van der Waals surface area contributed by atoms with Gasteiger partial charge in [-0.25, -0.2) is 0 Å². The van der Waals surface area contributed by atoms with Crippen molar-refractivity contribution in [3.63, 3.8) is 0 Å². The summed E-state index contributed by atoms with van der Waals surface area (Å²) in [5, 5.41) is 12.5. The first kappa shape index (κ1) is 25.9. The molecule has 0 aliphatic carbocycles. The van der Waals surface area contributed by atoms with Crippen molar-refractivity contribution >= 4 is 34.1 Å². The van der Waals surface area contributed by atoms with Crippen molar-refractivity contribution in [1.82, 2.24) is 20.4 Å². The predicted molar refractivity (Wildman–Crippen MR) is 156 cm³/mol. The highest BCUT2D eigenvalue weighted by Crippen LogP contribution is 2.32. The van der Waals surface area contributed by atoms with Crippen LogP contribution in [0.3, 0.4) is 0 Å². The lowest BCUT2D eigenvalue weighted by atomic mass is 9.95. The summed E-state index contributed by atoms with van der Waals surface area (Å²) in [7, 11) is 0. The van der Waals surface area contributed by atoms with Gasteiger partial charge in [0.25, 0.3) is 5.91 Å². The molecule has 0 bridgehead atoms. The van der Waals surface area contributed by atoms with Crippen LogP contribution in [0.2, 0.25) is 5.02 Å². The first-order valence-corrected chi connectivity index (χ1v) is 14.1. The summed E-state index contributed by atoms with van der Waals surface area (Å²) in [5.41, 5.74) is 5.49. The van der Waals surface area contributed by atoms with Gasteiger partial charge in [0, 0.05) is 59.4 Å². The highest BCUT2D eigenvalue weighted by atomic mass is 35.5. The van der Waals surface area contributed by atoms with E-state index in [0.717, 1.165) is 67.1 Å². The number of hydrogen-bond acceptors (Lipinski definition) is 5. The Bertz CT molecular complexity index is 1460. The van der Waals surface area contributed by atoms with Gasteiger partial charge in [-0.3, -0.25) is 14.8 Å². The lowest BCUT2D eigenvalue weighted by molar-refractivity contribution is 0.0105. The maximum atomic E-state index is 13.4. The average molecular weight is 544 g/mol. The summed E-state index contributed by atoms with van der Waals surface area (Å²) in [4.78, 5) is 18.3. The number of halogens is 1. The molecule has 4 aromatic rings. The van der Waals surface area contributed by atoms with Crippen LogP contribution in [0.15, 0.2) is 66.7 Å². The number of nitrogens with one attached hydrogen (secondary N) is 2. The molecule has 2 saturated heterocycles. The lowest BCUT2D eigenvalue weighted by Gasteiger charge is -2.47. The number of amides is 1. The van der Waals surface area contributed by atoms with E-state index in [1.807, 2.05) is 42.5 Å². The van der Waals surface area contributed by atoms with Crippen LogP contribution < -0.4 is 10.2 Å². The Morgan fingerprint density at radius 2 is 1.79 bits per heavy atom. The number of H-pyrrole nitrogens is 1. The van der Waals surface area contributed by atoms with Crippen LogP contribution >= 0.6 is 11.6 Å². The van der Waals surface area contributed by atoms with Gasteiger partial charge < -0.3 is 15.0 Å². The van der Waals surface area contributed by atoms with Crippen molar-refractivity contribution in [2.75, 3.05) is 44.3 Å². The second-order valence-corrected chi connectivity index (χ2v) is 11.2. The fourth-order valence-corrected chi connectivity index (χ4v) is 5.85. The number of hydrogen-bond donors (Lipinski definition) is 2. The maximum absolute atomic E-state index is 13.4. The minimum absolute atomic E-state index is 0.134. The number of rotatable bonds is 7. The third-order valence-electron chi connectivity index (χ3n) is 7.95. The van der Waals surface area contributed by atoms with Gasteiger partial charge in [-0.15, -0.1) is 0 Å². The fraction of sp³-hybridized carbons (Fsp3) is 0.355. The summed E-state index contributed by atoms with van der Waals surface area (Å²) < 4.78 is 5.49. The first-order chi connectivity index (χ1) is 19.0. The molecular formula is C31H34ClN5O2. The van der Waals surface area contributed by atoms with E-state index in [9.17, 15) is 4.79 Å². The molecule has 0 radical (unpaired) electrons. The van der Waals surface area contributed by atoms with Gasteiger partial charge in [0.2, 0.25) is 0 Å². The molecule has 0 spiro atoms. The highest BCUT2D eigenvalue weighted by Gasteiger charge is 2.32. The maximum Gasteiger partial charge on any atom is 0.251 e. The summed E-state index contributed by atoms with van der Waals surface area (Å²) in [6.45, 7) is 10.0. The second kappa shape index (κ2) is 11.0. The number of aromatic nitrogens is 2. The molecule has 39 heavy (non-hydrogen) atoms. The van der Waals surface area contributed by atoms with Gasteiger partial charge in [0.05, 0.1) is 30.5 Å². The van der Waals surface area contributed by atoms with Crippen molar-refractivity contribution in [2.24, 2.45) is 5.92 Å². The molecule has 2 aliphatic heterocycles. The monoisotopic (exact) mass is 543 g/mol. The molecule has 2 aliphatic rings. The Labute approximate surface area is 234 Å². The van der Waals surface area contributed by atoms with Crippen molar-refractivity contribution in [3.8, 4) is 11.3 Å². The van der Waals surface area contributed by atoms with Crippen LogP contribution in [0.1, 0.15) is 35.8 Å². The van der Waals surface area contributed by atoms with E-state index < -0.39 is 0 Å². The van der Waals surface area contributed by atoms with E-state index in [2.05, 4.69) is 63.4 Å². The molecule has 2 fully saturated rings. The van der Waals surface area contributed by atoms with Crippen molar-refractivity contribution in [2.45, 2.75) is 25.9 Å². The summed E-state index contributed by atoms with van der Waals surface area (Å²) in [6, 6.07) is 22.3. The SMILES string of the molecule is CC(C)[C@@H](NC(=O)c1ccc2[nH]nc(-c3ccc(N4CC(N5CCOCC5)C4)cc3)c2c1)c1ccccc1Cl. The number of anilines is 1. The largest absolute Gasteiger partial charge is 0.379 e. The summed E-state index contributed by atoms with van der Waals surface area (Å²) in [5.74, 6) is 0.0433. The van der Waals surface area contributed by atoms with Crippen LogP contribution in [-0.2, 0) is 4.74 Å². The lowest BCUT2D eigenvalue weighted by Crippen LogP contribution is -2.61. The minimum Gasteiger partial charge on any atom is -0.379 e. The summed E-state index contributed by atoms with van der Waals surface area (Å²) >= 11 is 6.46. The third-order valence-corrected chi connectivity index (χ3v) is 8.29. The molecule has 1 atom stereocenters. The molecule has 1 aromatic heterocycles. The topological polar surface area (TPSA) is 73.5 Å². The second-order valence-electron chi connectivity index (χ2n) is 10.8. The van der Waals surface area contributed by atoms with Gasteiger partial charge >= 0.3 is 0 Å². The Morgan fingerprint density at radius 1 is 1.05 bits per heavy atom. The minimum atomic E-state index is -0.192. The summed E-state index contributed by atoms with van der Waals surface area (Å²) in [6.07, 6.45) is 0. The van der Waals surface area contributed by atoms with Gasteiger partial charge in [-0.2, -0.15) is 5.10 Å². The Kier molecular flexibility index (Phi) is 7.30. The smallest absolute Gasteiger partial charge is 0.251 e. The highest BCUT2D eigenvalue weighted by molar-refractivity contribution is 6.31. The molecule has 8 heteroatoms. The number of benzene rings is 3. The number of ether oxygens (including phenoxy) is 1. The van der Waals surface area contributed by atoms with Crippen molar-refractivity contribution in [3.05, 3.63) is 82.9 Å². The van der Waals surface area contributed by atoms with E-state index in [1.54, 1.807) is 0 Å². The quantitative estimate of drug-likeness (QED) is 0.320. The van der Waals surface area contributed by atoms with Crippen LogP contribution in [-0.4, -0.2) is 66.4 Å². The first-order valence-electron chi connectivity index (χ1n) is 13.7. The normalized spacial score (nSPS) is 17.4. The van der Waals surface area contributed by atoms with Gasteiger partial charge in [0.15, 0.2) is 0 Å². The molecule has 1 amide bonds. The molecule has 3 aromatic carbocycles. The zero-order chi connectivity index (χ0) is 26.9. The molecule has 0 saturated carbocycles. The Balaban J connectivity index is 1.18. The number of carbonyl (C=O) groups excluding carboxylic acids is 1. The van der Waals surface area contributed by atoms with E-state index >= 15 is 0 Å². The van der Waals surface area contributed by atoms with Gasteiger partial charge in [0.1, 0.15) is 0 Å². The predicted octanol–water partition coefficient (Wildman–Crippen LogP) is 5.53. The number of aromatic amines is 1. The Morgan fingerprint density at radius 3 is 2.51 bits per heavy atom. The molecule has 3 heterocycles. The average Bonchev–Trinajstić information content (AvgIpc) is 3.35. The molecular weight excluding hydrogens is 510 g/mol. The number of nitrogens with zero attached hydrogens (tertiary/aromatic N) is 3. The number of morpholine rings is 1. The van der Waals surface area contributed by atoms with E-state index in [1.165, 1.54) is 5.69 Å². The molecule has 7 nitrogen and oxygen atoms in total. The van der Waals surface area contributed by atoms with Crippen molar-refractivity contribution < 1.29 is 9.53 Å². The van der Waals surface area contributed by atoms with Crippen LogP contribution in [0.5, 0.6) is 0 Å². The molecule has 6 rings (SSSR count). The number of carbonyl (C=O) groups is 1. The zero-order valence-corrected chi connectivity index (χ0v) is 23.1.